The maximum absolute atomic E-state index is 10.7. The van der Waals surface area contributed by atoms with Crippen LogP contribution in [0.25, 0.3) is 0 Å². The van der Waals surface area contributed by atoms with E-state index in [2.05, 4.69) is 23.6 Å². The van der Waals surface area contributed by atoms with Crippen molar-refractivity contribution in [3.63, 3.8) is 0 Å². The molecule has 1 aliphatic carbocycles. The molecule has 1 aliphatic heterocycles. The van der Waals surface area contributed by atoms with Crippen molar-refractivity contribution in [2.24, 2.45) is 17.8 Å². The molecular formula is C16H30N2O2. The van der Waals surface area contributed by atoms with E-state index in [1.165, 1.54) is 32.2 Å². The van der Waals surface area contributed by atoms with E-state index in [9.17, 15) is 4.79 Å². The predicted molar refractivity (Wildman–Crippen MR) is 80.8 cm³/mol. The van der Waals surface area contributed by atoms with E-state index in [1.807, 2.05) is 0 Å². The Kier molecular flexibility index (Phi) is 5.85. The fraction of sp³-hybridized carbons (Fsp3) is 0.938. The summed E-state index contributed by atoms with van der Waals surface area (Å²) in [6.45, 7) is 10.0. The van der Waals surface area contributed by atoms with Gasteiger partial charge in [-0.05, 0) is 43.4 Å². The molecule has 0 atom stereocenters. The van der Waals surface area contributed by atoms with E-state index in [0.717, 1.165) is 43.9 Å². The van der Waals surface area contributed by atoms with Crippen LogP contribution in [0.15, 0.2) is 0 Å². The second-order valence-electron chi connectivity index (χ2n) is 7.00. The molecular weight excluding hydrogens is 252 g/mol. The zero-order valence-electron chi connectivity index (χ0n) is 13.1. The Hall–Kier alpha value is -0.610. The molecule has 0 unspecified atom stereocenters. The summed E-state index contributed by atoms with van der Waals surface area (Å²) in [5, 5.41) is 8.81. The number of nitrogens with zero attached hydrogens (tertiary/aromatic N) is 2. The lowest BCUT2D eigenvalue weighted by Gasteiger charge is -2.38. The third kappa shape index (κ3) is 4.74. The molecule has 0 bridgehead atoms. The lowest BCUT2D eigenvalue weighted by molar-refractivity contribution is -0.138. The molecule has 2 fully saturated rings. The maximum Gasteiger partial charge on any atom is 0.317 e. The van der Waals surface area contributed by atoms with Crippen LogP contribution in [0.5, 0.6) is 0 Å². The average molecular weight is 282 g/mol. The van der Waals surface area contributed by atoms with E-state index < -0.39 is 5.97 Å². The third-order valence-corrected chi connectivity index (χ3v) is 5.17. The van der Waals surface area contributed by atoms with Gasteiger partial charge in [-0.1, -0.05) is 13.8 Å². The van der Waals surface area contributed by atoms with Gasteiger partial charge in [-0.15, -0.1) is 0 Å². The van der Waals surface area contributed by atoms with Crippen LogP contribution >= 0.6 is 0 Å². The first-order chi connectivity index (χ1) is 9.54. The standard InChI is InChI=1S/C16H30N2O2/c1-13(2)15-5-3-14(4-6-15)11-17-7-9-18(10-8-17)12-16(19)20/h13-15H,3-12H2,1-2H3,(H,19,20). The normalized spacial score (nSPS) is 29.8. The first kappa shape index (κ1) is 15.8. The number of aliphatic carboxylic acids is 1. The summed E-state index contributed by atoms with van der Waals surface area (Å²) in [6.07, 6.45) is 5.58. The number of hydrogen-bond acceptors (Lipinski definition) is 3. The molecule has 1 heterocycles. The highest BCUT2D eigenvalue weighted by Gasteiger charge is 2.26. The van der Waals surface area contributed by atoms with Crippen molar-refractivity contribution >= 4 is 5.97 Å². The quantitative estimate of drug-likeness (QED) is 0.839. The predicted octanol–water partition coefficient (Wildman–Crippen LogP) is 2.15. The number of rotatable bonds is 5. The Morgan fingerprint density at radius 2 is 1.60 bits per heavy atom. The molecule has 2 aliphatic rings. The van der Waals surface area contributed by atoms with Gasteiger partial charge in [0, 0.05) is 32.7 Å². The third-order valence-electron chi connectivity index (χ3n) is 5.17. The lowest BCUT2D eigenvalue weighted by atomic mass is 9.77. The Labute approximate surface area is 123 Å². The summed E-state index contributed by atoms with van der Waals surface area (Å²) in [4.78, 5) is 15.3. The van der Waals surface area contributed by atoms with Crippen LogP contribution in [-0.4, -0.2) is 60.1 Å². The van der Waals surface area contributed by atoms with Crippen molar-refractivity contribution in [2.75, 3.05) is 39.3 Å². The van der Waals surface area contributed by atoms with Gasteiger partial charge in [0.15, 0.2) is 0 Å². The molecule has 2 rings (SSSR count). The average Bonchev–Trinajstić information content (AvgIpc) is 2.41. The van der Waals surface area contributed by atoms with Crippen LogP contribution in [0.2, 0.25) is 0 Å². The summed E-state index contributed by atoms with van der Waals surface area (Å²) in [5.74, 6) is 1.95. The van der Waals surface area contributed by atoms with Gasteiger partial charge >= 0.3 is 5.97 Å². The van der Waals surface area contributed by atoms with Crippen LogP contribution in [0.4, 0.5) is 0 Å². The molecule has 116 valence electrons. The number of piperazine rings is 1. The second kappa shape index (κ2) is 7.41. The molecule has 0 radical (unpaired) electrons. The molecule has 1 saturated carbocycles. The maximum atomic E-state index is 10.7. The van der Waals surface area contributed by atoms with Gasteiger partial charge in [0.05, 0.1) is 6.54 Å². The van der Waals surface area contributed by atoms with Crippen LogP contribution in [-0.2, 0) is 4.79 Å². The van der Waals surface area contributed by atoms with E-state index in [1.54, 1.807) is 0 Å². The van der Waals surface area contributed by atoms with Crippen molar-refractivity contribution in [1.29, 1.82) is 0 Å². The Morgan fingerprint density at radius 3 is 2.10 bits per heavy atom. The summed E-state index contributed by atoms with van der Waals surface area (Å²) in [6, 6.07) is 0. The van der Waals surface area contributed by atoms with Crippen molar-refractivity contribution in [3.8, 4) is 0 Å². The second-order valence-corrected chi connectivity index (χ2v) is 7.00. The highest BCUT2D eigenvalue weighted by Crippen LogP contribution is 2.33. The van der Waals surface area contributed by atoms with Crippen molar-refractivity contribution in [1.82, 2.24) is 9.80 Å². The number of hydrogen-bond donors (Lipinski definition) is 1. The zero-order chi connectivity index (χ0) is 14.5. The van der Waals surface area contributed by atoms with Crippen LogP contribution in [0, 0.1) is 17.8 Å². The first-order valence-corrected chi connectivity index (χ1v) is 8.21. The molecule has 1 N–H and O–H groups in total. The molecule has 0 aromatic rings. The molecule has 0 amide bonds. The van der Waals surface area contributed by atoms with Crippen molar-refractivity contribution in [3.05, 3.63) is 0 Å². The molecule has 4 nitrogen and oxygen atoms in total. The number of carboxylic acid groups (broad SMARTS) is 1. The molecule has 4 heteroatoms. The SMILES string of the molecule is CC(C)C1CCC(CN2CCN(CC(=O)O)CC2)CC1. The van der Waals surface area contributed by atoms with Crippen LogP contribution in [0.3, 0.4) is 0 Å². The summed E-state index contributed by atoms with van der Waals surface area (Å²) < 4.78 is 0. The van der Waals surface area contributed by atoms with Gasteiger partial charge in [0.25, 0.3) is 0 Å². The Balaban J connectivity index is 1.65. The molecule has 1 saturated heterocycles. The minimum Gasteiger partial charge on any atom is -0.480 e. The topological polar surface area (TPSA) is 43.8 Å². The fourth-order valence-corrected chi connectivity index (χ4v) is 3.72. The van der Waals surface area contributed by atoms with E-state index in [4.69, 9.17) is 5.11 Å². The van der Waals surface area contributed by atoms with E-state index in [-0.39, 0.29) is 6.54 Å². The van der Waals surface area contributed by atoms with Crippen molar-refractivity contribution in [2.45, 2.75) is 39.5 Å². The van der Waals surface area contributed by atoms with Gasteiger partial charge in [0.2, 0.25) is 0 Å². The smallest absolute Gasteiger partial charge is 0.317 e. The van der Waals surface area contributed by atoms with Gasteiger partial charge in [-0.2, -0.15) is 0 Å². The first-order valence-electron chi connectivity index (χ1n) is 8.21. The highest BCUT2D eigenvalue weighted by atomic mass is 16.4. The molecule has 0 spiro atoms. The molecule has 0 aromatic carbocycles. The van der Waals surface area contributed by atoms with Crippen molar-refractivity contribution < 1.29 is 9.90 Å². The summed E-state index contributed by atoms with van der Waals surface area (Å²) in [5.41, 5.74) is 0. The minimum absolute atomic E-state index is 0.202. The van der Waals surface area contributed by atoms with Gasteiger partial charge in [0.1, 0.15) is 0 Å². The highest BCUT2D eigenvalue weighted by molar-refractivity contribution is 5.69. The van der Waals surface area contributed by atoms with E-state index in [0.29, 0.717) is 0 Å². The van der Waals surface area contributed by atoms with E-state index >= 15 is 0 Å². The lowest BCUT2D eigenvalue weighted by Crippen LogP contribution is -2.49. The number of carboxylic acids is 1. The fourth-order valence-electron chi connectivity index (χ4n) is 3.72. The Bertz CT molecular complexity index is 304. The molecule has 0 aromatic heterocycles. The minimum atomic E-state index is -0.703. The zero-order valence-corrected chi connectivity index (χ0v) is 13.1. The molecule has 20 heavy (non-hydrogen) atoms. The monoisotopic (exact) mass is 282 g/mol. The van der Waals surface area contributed by atoms with Gasteiger partial charge in [-0.3, -0.25) is 9.69 Å². The Morgan fingerprint density at radius 1 is 1.05 bits per heavy atom. The summed E-state index contributed by atoms with van der Waals surface area (Å²) >= 11 is 0. The van der Waals surface area contributed by atoms with Crippen LogP contribution < -0.4 is 0 Å². The summed E-state index contributed by atoms with van der Waals surface area (Å²) in [7, 11) is 0. The number of carbonyl (C=O) groups is 1. The van der Waals surface area contributed by atoms with Crippen LogP contribution in [0.1, 0.15) is 39.5 Å². The largest absolute Gasteiger partial charge is 0.480 e. The van der Waals surface area contributed by atoms with Gasteiger partial charge < -0.3 is 10.0 Å². The van der Waals surface area contributed by atoms with Gasteiger partial charge in [-0.25, -0.2) is 0 Å².